The van der Waals surface area contributed by atoms with Crippen molar-refractivity contribution in [2.24, 2.45) is 0 Å². The van der Waals surface area contributed by atoms with E-state index in [0.29, 0.717) is 6.04 Å². The summed E-state index contributed by atoms with van der Waals surface area (Å²) in [6, 6.07) is 17.6. The second-order valence-electron chi connectivity index (χ2n) is 8.84. The van der Waals surface area contributed by atoms with Gasteiger partial charge in [-0.1, -0.05) is 36.4 Å². The first-order valence-electron chi connectivity index (χ1n) is 11.8. The molecule has 6 heteroatoms. The van der Waals surface area contributed by atoms with E-state index in [0.717, 1.165) is 66.4 Å². The molecule has 1 fully saturated rings. The molecule has 1 aliphatic heterocycles. The number of aryl methyl sites for hydroxylation is 1. The number of nitrogens with zero attached hydrogens (tertiary/aromatic N) is 5. The lowest BCUT2D eigenvalue weighted by atomic mass is 10.0. The highest BCUT2D eigenvalue weighted by Gasteiger charge is 2.26. The van der Waals surface area contributed by atoms with E-state index in [9.17, 15) is 0 Å². The fraction of sp³-hybridized carbons (Fsp3) is 0.296. The number of imidazole rings is 2. The van der Waals surface area contributed by atoms with Crippen LogP contribution in [-0.4, -0.2) is 37.2 Å². The van der Waals surface area contributed by atoms with Gasteiger partial charge in [-0.05, 0) is 68.2 Å². The van der Waals surface area contributed by atoms with E-state index in [1.54, 1.807) is 0 Å². The molecular weight excluding hydrogens is 408 g/mol. The van der Waals surface area contributed by atoms with Crippen LogP contribution in [-0.2, 0) is 6.54 Å². The molecule has 1 saturated heterocycles. The Morgan fingerprint density at radius 2 is 1.82 bits per heavy atom. The molecule has 4 heterocycles. The summed E-state index contributed by atoms with van der Waals surface area (Å²) in [4.78, 5) is 14.9. The Morgan fingerprint density at radius 1 is 1.00 bits per heavy atom. The zero-order valence-corrected chi connectivity index (χ0v) is 19.1. The maximum atomic E-state index is 5.23. The van der Waals surface area contributed by atoms with E-state index in [1.807, 2.05) is 12.5 Å². The van der Waals surface area contributed by atoms with Crippen molar-refractivity contribution in [1.29, 1.82) is 0 Å². The van der Waals surface area contributed by atoms with Gasteiger partial charge >= 0.3 is 0 Å². The van der Waals surface area contributed by atoms with Crippen LogP contribution in [0.2, 0.25) is 0 Å². The van der Waals surface area contributed by atoms with Crippen LogP contribution >= 0.6 is 0 Å². The standard InChI is InChI=1S/C27H28N6/c1-3-32-17-30-24(18(32)2)27-31-25-23(21-9-8-19-6-4-5-7-20(19)16-21)12-15-29-26(25)33(27)22-10-13-28-14-11-22/h4-9,12,15-17,22,28H,3,10-11,13-14H2,1-2H3. The minimum atomic E-state index is 0.358. The summed E-state index contributed by atoms with van der Waals surface area (Å²) in [5, 5.41) is 5.96. The van der Waals surface area contributed by atoms with Crippen LogP contribution in [0, 0.1) is 6.92 Å². The Bertz CT molecular complexity index is 1450. The van der Waals surface area contributed by atoms with Gasteiger partial charge < -0.3 is 14.5 Å². The van der Waals surface area contributed by atoms with Gasteiger partial charge in [-0.15, -0.1) is 0 Å². The molecule has 6 nitrogen and oxygen atoms in total. The highest BCUT2D eigenvalue weighted by molar-refractivity contribution is 5.95. The number of hydrogen-bond donors (Lipinski definition) is 1. The van der Waals surface area contributed by atoms with Crippen molar-refractivity contribution in [2.75, 3.05) is 13.1 Å². The topological polar surface area (TPSA) is 60.6 Å². The monoisotopic (exact) mass is 436 g/mol. The predicted octanol–water partition coefficient (Wildman–Crippen LogP) is 5.37. The molecule has 2 aromatic carbocycles. The number of rotatable bonds is 4. The maximum absolute atomic E-state index is 5.23. The molecule has 1 aliphatic rings. The van der Waals surface area contributed by atoms with Crippen LogP contribution in [0.5, 0.6) is 0 Å². The number of aromatic nitrogens is 5. The molecule has 0 spiro atoms. The van der Waals surface area contributed by atoms with Crippen LogP contribution in [0.15, 0.2) is 61.1 Å². The van der Waals surface area contributed by atoms with E-state index in [2.05, 4.69) is 76.8 Å². The largest absolute Gasteiger partial charge is 0.334 e. The van der Waals surface area contributed by atoms with Crippen LogP contribution in [0.4, 0.5) is 0 Å². The minimum absolute atomic E-state index is 0.358. The average Bonchev–Trinajstić information content (AvgIpc) is 3.44. The Balaban J connectivity index is 1.60. The van der Waals surface area contributed by atoms with Gasteiger partial charge in [-0.3, -0.25) is 0 Å². The molecule has 0 unspecified atom stereocenters. The third kappa shape index (κ3) is 3.33. The van der Waals surface area contributed by atoms with E-state index < -0.39 is 0 Å². The van der Waals surface area contributed by atoms with Gasteiger partial charge in [0.2, 0.25) is 0 Å². The highest BCUT2D eigenvalue weighted by Crippen LogP contribution is 2.36. The van der Waals surface area contributed by atoms with Crippen LogP contribution in [0.1, 0.15) is 31.5 Å². The summed E-state index contributed by atoms with van der Waals surface area (Å²) < 4.78 is 4.54. The second kappa shape index (κ2) is 8.12. The van der Waals surface area contributed by atoms with Gasteiger partial charge in [0.05, 0.1) is 6.33 Å². The Hall–Kier alpha value is -3.51. The van der Waals surface area contributed by atoms with E-state index in [4.69, 9.17) is 15.0 Å². The smallest absolute Gasteiger partial charge is 0.163 e. The Morgan fingerprint density at radius 3 is 2.61 bits per heavy atom. The molecule has 0 saturated carbocycles. The summed E-state index contributed by atoms with van der Waals surface area (Å²) >= 11 is 0. The van der Waals surface area contributed by atoms with Gasteiger partial charge in [0.1, 0.15) is 11.2 Å². The summed E-state index contributed by atoms with van der Waals surface area (Å²) in [5.41, 5.74) is 6.29. The van der Waals surface area contributed by atoms with Gasteiger partial charge in [0.25, 0.3) is 0 Å². The number of hydrogen-bond acceptors (Lipinski definition) is 4. The van der Waals surface area contributed by atoms with Crippen molar-refractivity contribution in [3.63, 3.8) is 0 Å². The highest BCUT2D eigenvalue weighted by atomic mass is 15.2. The first-order chi connectivity index (χ1) is 16.2. The first kappa shape index (κ1) is 20.1. The van der Waals surface area contributed by atoms with Gasteiger partial charge in [-0.25, -0.2) is 15.0 Å². The molecule has 0 aliphatic carbocycles. The third-order valence-corrected chi connectivity index (χ3v) is 6.97. The van der Waals surface area contributed by atoms with Crippen LogP contribution in [0.3, 0.4) is 0 Å². The van der Waals surface area contributed by atoms with E-state index in [1.165, 1.54) is 16.3 Å². The molecule has 0 radical (unpaired) electrons. The van der Waals surface area contributed by atoms with E-state index in [-0.39, 0.29) is 0 Å². The second-order valence-corrected chi connectivity index (χ2v) is 8.84. The summed E-state index contributed by atoms with van der Waals surface area (Å²) in [5.74, 6) is 0.933. The molecule has 166 valence electrons. The number of pyridine rings is 1. The van der Waals surface area contributed by atoms with Gasteiger partial charge in [-0.2, -0.15) is 0 Å². The fourth-order valence-corrected chi connectivity index (χ4v) is 5.14. The van der Waals surface area contributed by atoms with Crippen molar-refractivity contribution in [3.05, 3.63) is 66.7 Å². The summed E-state index contributed by atoms with van der Waals surface area (Å²) in [7, 11) is 0. The molecular formula is C27H28N6. The zero-order chi connectivity index (χ0) is 22.4. The summed E-state index contributed by atoms with van der Waals surface area (Å²) in [6.45, 7) is 7.20. The molecule has 3 aromatic heterocycles. The third-order valence-electron chi connectivity index (χ3n) is 6.97. The van der Waals surface area contributed by atoms with Crippen molar-refractivity contribution in [1.82, 2.24) is 29.4 Å². The lowest BCUT2D eigenvalue weighted by Gasteiger charge is -2.25. The number of piperidine rings is 1. The molecule has 0 amide bonds. The average molecular weight is 437 g/mol. The van der Waals surface area contributed by atoms with Crippen LogP contribution in [0.25, 0.3) is 44.6 Å². The maximum Gasteiger partial charge on any atom is 0.163 e. The lowest BCUT2D eigenvalue weighted by molar-refractivity contribution is 0.376. The first-order valence-corrected chi connectivity index (χ1v) is 11.8. The lowest BCUT2D eigenvalue weighted by Crippen LogP contribution is -2.29. The predicted molar refractivity (Wildman–Crippen MR) is 133 cm³/mol. The number of fused-ring (bicyclic) bond motifs is 2. The normalized spacial score (nSPS) is 15.0. The molecule has 6 rings (SSSR count). The van der Waals surface area contributed by atoms with Gasteiger partial charge in [0, 0.05) is 30.0 Å². The summed E-state index contributed by atoms with van der Waals surface area (Å²) in [6.07, 6.45) is 5.98. The SMILES string of the molecule is CCn1cnc(-c2nc3c(-c4ccc5ccccc5c4)ccnc3n2C2CCNCC2)c1C. The molecule has 0 bridgehead atoms. The Kier molecular flexibility index (Phi) is 4.95. The fourth-order valence-electron chi connectivity index (χ4n) is 5.14. The molecule has 1 N–H and O–H groups in total. The quantitative estimate of drug-likeness (QED) is 0.412. The van der Waals surface area contributed by atoms with Gasteiger partial charge in [0.15, 0.2) is 11.5 Å². The molecule has 5 aromatic rings. The van der Waals surface area contributed by atoms with Crippen molar-refractivity contribution >= 4 is 21.9 Å². The van der Waals surface area contributed by atoms with Crippen molar-refractivity contribution in [2.45, 2.75) is 39.3 Å². The van der Waals surface area contributed by atoms with Crippen molar-refractivity contribution < 1.29 is 0 Å². The number of benzene rings is 2. The Labute approximate surface area is 193 Å². The van der Waals surface area contributed by atoms with Crippen molar-refractivity contribution in [3.8, 4) is 22.6 Å². The number of nitrogens with one attached hydrogen (secondary N) is 1. The molecule has 33 heavy (non-hydrogen) atoms. The van der Waals surface area contributed by atoms with E-state index >= 15 is 0 Å². The zero-order valence-electron chi connectivity index (χ0n) is 19.1. The molecule has 0 atom stereocenters. The minimum Gasteiger partial charge on any atom is -0.334 e. The van der Waals surface area contributed by atoms with Crippen LogP contribution < -0.4 is 5.32 Å².